The molecule has 134 valence electrons. The van der Waals surface area contributed by atoms with Crippen LogP contribution in [0.3, 0.4) is 0 Å². The van der Waals surface area contributed by atoms with E-state index >= 15 is 0 Å². The second-order valence-corrected chi connectivity index (χ2v) is 5.55. The average Bonchev–Trinajstić information content (AvgIpc) is 2.58. The zero-order valence-electron chi connectivity index (χ0n) is 13.2. The molecule has 0 fully saturated rings. The number of pyridine rings is 2. The van der Waals surface area contributed by atoms with Crippen LogP contribution in [0.5, 0.6) is 0 Å². The van der Waals surface area contributed by atoms with E-state index in [1.807, 2.05) is 0 Å². The molecule has 0 aliphatic rings. The van der Waals surface area contributed by atoms with E-state index in [1.165, 1.54) is 6.92 Å². The van der Waals surface area contributed by atoms with Crippen molar-refractivity contribution in [1.82, 2.24) is 9.55 Å². The molecule has 0 saturated carbocycles. The Morgan fingerprint density at radius 2 is 1.96 bits per heavy atom. The van der Waals surface area contributed by atoms with Gasteiger partial charge in [-0.3, -0.25) is 9.36 Å². The van der Waals surface area contributed by atoms with E-state index in [2.05, 4.69) is 4.98 Å². The third-order valence-corrected chi connectivity index (χ3v) is 3.82. The van der Waals surface area contributed by atoms with Crippen LogP contribution >= 0.6 is 11.6 Å². The Morgan fingerprint density at radius 3 is 2.62 bits per heavy atom. The van der Waals surface area contributed by atoms with Crippen molar-refractivity contribution >= 4 is 28.6 Å². The summed E-state index contributed by atoms with van der Waals surface area (Å²) in [4.78, 5) is 28.3. The van der Waals surface area contributed by atoms with Crippen LogP contribution < -0.4 is 5.43 Å². The molecule has 2 aromatic heterocycles. The molecule has 0 amide bonds. The van der Waals surface area contributed by atoms with Gasteiger partial charge in [0.25, 0.3) is 0 Å². The molecule has 1 aromatic carbocycles. The van der Waals surface area contributed by atoms with E-state index in [4.69, 9.17) is 16.3 Å². The van der Waals surface area contributed by atoms with Gasteiger partial charge in [-0.25, -0.2) is 22.9 Å². The van der Waals surface area contributed by atoms with Crippen molar-refractivity contribution in [3.05, 3.63) is 68.9 Å². The molecule has 0 N–H and O–H groups in total. The molecule has 0 aliphatic heterocycles. The molecule has 0 bridgehead atoms. The number of halogens is 4. The Balaban J connectivity index is 2.43. The summed E-state index contributed by atoms with van der Waals surface area (Å²) in [5, 5.41) is -0.849. The molecule has 0 unspecified atom stereocenters. The molecule has 3 rings (SSSR count). The van der Waals surface area contributed by atoms with Gasteiger partial charge in [0.05, 0.1) is 17.7 Å². The fourth-order valence-electron chi connectivity index (χ4n) is 2.42. The Morgan fingerprint density at radius 1 is 1.23 bits per heavy atom. The third kappa shape index (κ3) is 3.03. The topological polar surface area (TPSA) is 61.2 Å². The summed E-state index contributed by atoms with van der Waals surface area (Å²) in [5.41, 5.74) is -1.70. The van der Waals surface area contributed by atoms with Gasteiger partial charge in [-0.15, -0.1) is 0 Å². The first kappa shape index (κ1) is 17.9. The Bertz CT molecular complexity index is 1100. The highest BCUT2D eigenvalue weighted by atomic mass is 35.5. The van der Waals surface area contributed by atoms with Gasteiger partial charge in [0.1, 0.15) is 17.2 Å². The van der Waals surface area contributed by atoms with Crippen LogP contribution in [0.4, 0.5) is 13.2 Å². The van der Waals surface area contributed by atoms with Crippen LogP contribution in [-0.4, -0.2) is 22.1 Å². The number of carbonyl (C=O) groups excluding carboxylic acids is 1. The van der Waals surface area contributed by atoms with Gasteiger partial charge in [0, 0.05) is 12.3 Å². The highest BCUT2D eigenvalue weighted by Crippen LogP contribution is 2.23. The lowest BCUT2D eigenvalue weighted by molar-refractivity contribution is 0.0524. The number of ether oxygens (including phenoxy) is 1. The van der Waals surface area contributed by atoms with Crippen molar-refractivity contribution in [1.29, 1.82) is 0 Å². The van der Waals surface area contributed by atoms with Gasteiger partial charge in [-0.1, -0.05) is 11.6 Å². The second-order valence-electron chi connectivity index (χ2n) is 5.19. The predicted octanol–water partition coefficient (Wildman–Crippen LogP) is 3.63. The van der Waals surface area contributed by atoms with Crippen molar-refractivity contribution in [2.45, 2.75) is 6.92 Å². The summed E-state index contributed by atoms with van der Waals surface area (Å²) < 4.78 is 47.1. The number of fused-ring (bicyclic) bond motifs is 1. The normalized spacial score (nSPS) is 11.0. The number of rotatable bonds is 3. The Labute approximate surface area is 149 Å². The van der Waals surface area contributed by atoms with Crippen LogP contribution in [-0.2, 0) is 4.74 Å². The fraction of sp³-hybridized carbons (Fsp3) is 0.118. The highest BCUT2D eigenvalue weighted by Gasteiger charge is 2.21. The third-order valence-electron chi connectivity index (χ3n) is 3.55. The Kier molecular flexibility index (Phi) is 4.69. The highest BCUT2D eigenvalue weighted by molar-refractivity contribution is 6.29. The summed E-state index contributed by atoms with van der Waals surface area (Å²) in [6.45, 7) is 1.53. The minimum absolute atomic E-state index is 0.00551. The molecule has 0 radical (unpaired) electrons. The molecule has 0 spiro atoms. The van der Waals surface area contributed by atoms with E-state index in [-0.39, 0.29) is 23.3 Å². The number of aromatic nitrogens is 2. The molecule has 9 heteroatoms. The minimum Gasteiger partial charge on any atom is -0.462 e. The number of nitrogens with zero attached hydrogens (tertiary/aromatic N) is 2. The van der Waals surface area contributed by atoms with Crippen LogP contribution in [0, 0.1) is 17.5 Å². The molecule has 5 nitrogen and oxygen atoms in total. The lowest BCUT2D eigenvalue weighted by Crippen LogP contribution is -2.21. The maximum absolute atomic E-state index is 14.2. The molecule has 0 aliphatic carbocycles. The van der Waals surface area contributed by atoms with Gasteiger partial charge in [0.2, 0.25) is 5.43 Å². The molecule has 0 saturated heterocycles. The molecule has 26 heavy (non-hydrogen) atoms. The zero-order chi connectivity index (χ0) is 19.0. The number of hydrogen-bond donors (Lipinski definition) is 0. The van der Waals surface area contributed by atoms with Crippen molar-refractivity contribution < 1.29 is 22.7 Å². The van der Waals surface area contributed by atoms with Gasteiger partial charge in [-0.05, 0) is 25.1 Å². The standard InChI is InChI=1S/C17H10ClF3N2O3/c1-2-26-17(25)10-7-23(13-4-3-8(19)5-11(13)20)16-9(14(10)24)6-12(21)15(18)22-16/h3-7H,2H2,1H3. The molecule has 2 heterocycles. The van der Waals surface area contributed by atoms with Crippen LogP contribution in [0.15, 0.2) is 35.3 Å². The Hall–Kier alpha value is -2.87. The lowest BCUT2D eigenvalue weighted by Gasteiger charge is -2.13. The summed E-state index contributed by atoms with van der Waals surface area (Å²) in [5.74, 6) is -3.75. The van der Waals surface area contributed by atoms with Gasteiger partial charge < -0.3 is 4.74 Å². The summed E-state index contributed by atoms with van der Waals surface area (Å²) in [6.07, 6.45) is 1.00. The number of carbonyl (C=O) groups is 1. The van der Waals surface area contributed by atoms with Crippen molar-refractivity contribution in [2.75, 3.05) is 6.61 Å². The van der Waals surface area contributed by atoms with E-state index in [0.29, 0.717) is 6.07 Å². The van der Waals surface area contributed by atoms with Crippen molar-refractivity contribution in [3.63, 3.8) is 0 Å². The van der Waals surface area contributed by atoms with E-state index in [0.717, 1.165) is 29.0 Å². The number of benzene rings is 1. The van der Waals surface area contributed by atoms with Crippen LogP contribution in [0.2, 0.25) is 5.15 Å². The average molecular weight is 383 g/mol. The summed E-state index contributed by atoms with van der Waals surface area (Å²) >= 11 is 5.67. The molecular formula is C17H10ClF3N2O3. The fourth-order valence-corrected chi connectivity index (χ4v) is 2.55. The quantitative estimate of drug-likeness (QED) is 0.512. The number of esters is 1. The minimum atomic E-state index is -0.983. The molecule has 0 atom stereocenters. The zero-order valence-corrected chi connectivity index (χ0v) is 14.0. The van der Waals surface area contributed by atoms with Crippen molar-refractivity contribution in [2.24, 2.45) is 0 Å². The first-order valence-electron chi connectivity index (χ1n) is 7.37. The maximum atomic E-state index is 14.2. The van der Waals surface area contributed by atoms with Crippen LogP contribution in [0.25, 0.3) is 16.7 Å². The summed E-state index contributed by atoms with van der Waals surface area (Å²) in [6, 6.07) is 3.49. The van der Waals surface area contributed by atoms with E-state index in [1.54, 1.807) is 0 Å². The monoisotopic (exact) mass is 382 g/mol. The van der Waals surface area contributed by atoms with Gasteiger partial charge >= 0.3 is 5.97 Å². The van der Waals surface area contributed by atoms with Crippen LogP contribution in [0.1, 0.15) is 17.3 Å². The lowest BCUT2D eigenvalue weighted by atomic mass is 10.1. The van der Waals surface area contributed by atoms with Gasteiger partial charge in [-0.2, -0.15) is 0 Å². The first-order chi connectivity index (χ1) is 12.3. The first-order valence-corrected chi connectivity index (χ1v) is 7.75. The smallest absolute Gasteiger partial charge is 0.343 e. The second kappa shape index (κ2) is 6.80. The van der Waals surface area contributed by atoms with E-state index < -0.39 is 39.6 Å². The SMILES string of the molecule is CCOC(=O)c1cn(-c2ccc(F)cc2F)c2nc(Cl)c(F)cc2c1=O. The van der Waals surface area contributed by atoms with Gasteiger partial charge in [0.15, 0.2) is 16.6 Å². The molecular weight excluding hydrogens is 373 g/mol. The molecule has 3 aromatic rings. The maximum Gasteiger partial charge on any atom is 0.343 e. The van der Waals surface area contributed by atoms with E-state index in [9.17, 15) is 22.8 Å². The number of hydrogen-bond acceptors (Lipinski definition) is 4. The summed E-state index contributed by atoms with van der Waals surface area (Å²) in [7, 11) is 0. The predicted molar refractivity (Wildman–Crippen MR) is 88.2 cm³/mol. The largest absolute Gasteiger partial charge is 0.462 e. The van der Waals surface area contributed by atoms with Crippen molar-refractivity contribution in [3.8, 4) is 5.69 Å².